The number of carbonyl (C=O) groups excluding carboxylic acids is 2. The topological polar surface area (TPSA) is 34.1 Å². The second kappa shape index (κ2) is 6.49. The van der Waals surface area contributed by atoms with Crippen LogP contribution in [0, 0.1) is 19.8 Å². The van der Waals surface area contributed by atoms with Crippen LogP contribution >= 0.6 is 0 Å². The highest BCUT2D eigenvalue weighted by atomic mass is 16.1. The summed E-state index contributed by atoms with van der Waals surface area (Å²) in [6, 6.07) is 14.8. The maximum atomic E-state index is 12.5. The maximum Gasteiger partial charge on any atom is 0.173 e. The van der Waals surface area contributed by atoms with Gasteiger partial charge in [0.05, 0.1) is 5.92 Å². The van der Waals surface area contributed by atoms with E-state index in [-0.39, 0.29) is 11.6 Å². The van der Waals surface area contributed by atoms with Gasteiger partial charge in [-0.3, -0.25) is 9.59 Å². The minimum Gasteiger partial charge on any atom is -0.293 e. The van der Waals surface area contributed by atoms with Crippen LogP contribution in [0.3, 0.4) is 0 Å². The summed E-state index contributed by atoms with van der Waals surface area (Å²) < 4.78 is 0. The molecule has 108 valence electrons. The number of Topliss-reactive ketones (excluding diaryl/α,β-unsaturated/α-hetero) is 2. The Bertz CT molecular complexity index is 579. The molecule has 2 heteroatoms. The predicted octanol–water partition coefficient (Wildman–Crippen LogP) is 4.40. The van der Waals surface area contributed by atoms with E-state index in [2.05, 4.69) is 0 Å². The second-order valence-corrected chi connectivity index (χ2v) is 5.42. The van der Waals surface area contributed by atoms with E-state index >= 15 is 0 Å². The van der Waals surface area contributed by atoms with E-state index in [1.165, 1.54) is 0 Å². The highest BCUT2D eigenvalue weighted by Gasteiger charge is 2.26. The summed E-state index contributed by atoms with van der Waals surface area (Å²) in [7, 11) is 0. The number of rotatable bonds is 5. The van der Waals surface area contributed by atoms with Crippen LogP contribution in [0.1, 0.15) is 45.2 Å². The number of carbonyl (C=O) groups is 2. The molecule has 0 aliphatic heterocycles. The van der Waals surface area contributed by atoms with Gasteiger partial charge in [0.15, 0.2) is 11.6 Å². The molecule has 2 rings (SSSR count). The molecule has 0 saturated heterocycles. The standard InChI is InChI=1S/C19H20O2/c1-4-17(18(20)15-9-5-13(2)6-10-15)19(21)16-11-7-14(3)8-12-16/h5-12,17H,4H2,1-3H3. The van der Waals surface area contributed by atoms with Crippen molar-refractivity contribution in [3.63, 3.8) is 0 Å². The molecule has 0 fully saturated rings. The SMILES string of the molecule is CCC(C(=O)c1ccc(C)cc1)C(=O)c1ccc(C)cc1. The van der Waals surface area contributed by atoms with Crippen molar-refractivity contribution < 1.29 is 9.59 Å². The van der Waals surface area contributed by atoms with Crippen molar-refractivity contribution in [3.05, 3.63) is 70.8 Å². The lowest BCUT2D eigenvalue weighted by atomic mass is 9.88. The smallest absolute Gasteiger partial charge is 0.173 e. The van der Waals surface area contributed by atoms with Gasteiger partial charge in [0.1, 0.15) is 0 Å². The first-order chi connectivity index (χ1) is 10.0. The van der Waals surface area contributed by atoms with Crippen LogP contribution < -0.4 is 0 Å². The van der Waals surface area contributed by atoms with Crippen molar-refractivity contribution in [3.8, 4) is 0 Å². The molecular formula is C19H20O2. The van der Waals surface area contributed by atoms with E-state index in [9.17, 15) is 9.59 Å². The fourth-order valence-corrected chi connectivity index (χ4v) is 2.33. The zero-order valence-corrected chi connectivity index (χ0v) is 12.7. The van der Waals surface area contributed by atoms with Crippen molar-refractivity contribution in [2.24, 2.45) is 5.92 Å². The Kier molecular flexibility index (Phi) is 4.69. The van der Waals surface area contributed by atoms with Crippen LogP contribution in [0.25, 0.3) is 0 Å². The molecule has 21 heavy (non-hydrogen) atoms. The molecule has 0 radical (unpaired) electrons. The Morgan fingerprint density at radius 2 is 1.10 bits per heavy atom. The lowest BCUT2D eigenvalue weighted by Crippen LogP contribution is -2.23. The van der Waals surface area contributed by atoms with Crippen molar-refractivity contribution in [1.82, 2.24) is 0 Å². The monoisotopic (exact) mass is 280 g/mol. The van der Waals surface area contributed by atoms with E-state index in [0.29, 0.717) is 17.5 Å². The van der Waals surface area contributed by atoms with Gasteiger partial charge in [-0.2, -0.15) is 0 Å². The molecule has 0 spiro atoms. The quantitative estimate of drug-likeness (QED) is 0.601. The van der Waals surface area contributed by atoms with E-state index in [4.69, 9.17) is 0 Å². The normalized spacial score (nSPS) is 10.7. The molecule has 0 aromatic heterocycles. The Morgan fingerprint density at radius 3 is 1.38 bits per heavy atom. The van der Waals surface area contributed by atoms with Gasteiger partial charge in [-0.1, -0.05) is 66.6 Å². The maximum absolute atomic E-state index is 12.5. The molecule has 0 aliphatic carbocycles. The van der Waals surface area contributed by atoms with Gasteiger partial charge in [-0.05, 0) is 20.3 Å². The lowest BCUT2D eigenvalue weighted by molar-refractivity contribution is 0.0804. The summed E-state index contributed by atoms with van der Waals surface area (Å²) in [5, 5.41) is 0. The number of ketones is 2. The molecule has 0 N–H and O–H groups in total. The number of benzene rings is 2. The molecule has 0 heterocycles. The van der Waals surface area contributed by atoms with Crippen LogP contribution in [-0.2, 0) is 0 Å². The van der Waals surface area contributed by atoms with Gasteiger partial charge >= 0.3 is 0 Å². The van der Waals surface area contributed by atoms with Crippen LogP contribution in [0.2, 0.25) is 0 Å². The van der Waals surface area contributed by atoms with E-state index in [1.807, 2.05) is 45.0 Å². The molecule has 0 aliphatic rings. The number of hydrogen-bond donors (Lipinski definition) is 0. The van der Waals surface area contributed by atoms with E-state index in [1.54, 1.807) is 24.3 Å². The molecule has 0 atom stereocenters. The van der Waals surface area contributed by atoms with Crippen molar-refractivity contribution >= 4 is 11.6 Å². The van der Waals surface area contributed by atoms with Gasteiger partial charge in [0, 0.05) is 11.1 Å². The Morgan fingerprint density at radius 1 is 0.762 bits per heavy atom. The average Bonchev–Trinajstić information content (AvgIpc) is 2.49. The van der Waals surface area contributed by atoms with E-state index in [0.717, 1.165) is 11.1 Å². The fraction of sp³-hybridized carbons (Fsp3) is 0.263. The molecule has 2 aromatic rings. The molecule has 2 aromatic carbocycles. The van der Waals surface area contributed by atoms with Gasteiger partial charge in [-0.15, -0.1) is 0 Å². The Labute approximate surface area is 125 Å². The van der Waals surface area contributed by atoms with Crippen LogP contribution in [0.4, 0.5) is 0 Å². The summed E-state index contributed by atoms with van der Waals surface area (Å²) in [5.74, 6) is -0.790. The van der Waals surface area contributed by atoms with Gasteiger partial charge in [0.2, 0.25) is 0 Å². The molecule has 0 bridgehead atoms. The molecule has 0 unspecified atom stereocenters. The predicted molar refractivity (Wildman–Crippen MR) is 84.8 cm³/mol. The second-order valence-electron chi connectivity index (χ2n) is 5.42. The third-order valence-electron chi connectivity index (χ3n) is 3.71. The average molecular weight is 280 g/mol. The first-order valence-corrected chi connectivity index (χ1v) is 7.24. The van der Waals surface area contributed by atoms with Crippen LogP contribution in [-0.4, -0.2) is 11.6 Å². The first kappa shape index (κ1) is 15.2. The summed E-state index contributed by atoms with van der Waals surface area (Å²) in [6.07, 6.45) is 0.513. The lowest BCUT2D eigenvalue weighted by Gasteiger charge is -2.13. The zero-order chi connectivity index (χ0) is 15.4. The third-order valence-corrected chi connectivity index (χ3v) is 3.71. The largest absolute Gasteiger partial charge is 0.293 e. The van der Waals surface area contributed by atoms with Gasteiger partial charge in [0.25, 0.3) is 0 Å². The minimum atomic E-state index is -0.601. The van der Waals surface area contributed by atoms with Crippen molar-refractivity contribution in [1.29, 1.82) is 0 Å². The Balaban J connectivity index is 2.26. The molecule has 0 saturated carbocycles. The van der Waals surface area contributed by atoms with Crippen molar-refractivity contribution in [2.45, 2.75) is 27.2 Å². The van der Waals surface area contributed by atoms with Crippen molar-refractivity contribution in [2.75, 3.05) is 0 Å². The third kappa shape index (κ3) is 3.46. The summed E-state index contributed by atoms with van der Waals surface area (Å²) in [6.45, 7) is 5.83. The Hall–Kier alpha value is -2.22. The summed E-state index contributed by atoms with van der Waals surface area (Å²) in [4.78, 5) is 25.1. The number of hydrogen-bond acceptors (Lipinski definition) is 2. The molecular weight excluding hydrogens is 260 g/mol. The van der Waals surface area contributed by atoms with Gasteiger partial charge < -0.3 is 0 Å². The van der Waals surface area contributed by atoms with Gasteiger partial charge in [-0.25, -0.2) is 0 Å². The summed E-state index contributed by atoms with van der Waals surface area (Å²) in [5.41, 5.74) is 3.41. The molecule has 2 nitrogen and oxygen atoms in total. The zero-order valence-electron chi connectivity index (χ0n) is 12.7. The first-order valence-electron chi connectivity index (χ1n) is 7.24. The highest BCUT2D eigenvalue weighted by Crippen LogP contribution is 2.19. The fourth-order valence-electron chi connectivity index (χ4n) is 2.33. The summed E-state index contributed by atoms with van der Waals surface area (Å²) >= 11 is 0. The number of aryl methyl sites for hydroxylation is 2. The van der Waals surface area contributed by atoms with E-state index < -0.39 is 5.92 Å². The van der Waals surface area contributed by atoms with Crippen LogP contribution in [0.15, 0.2) is 48.5 Å². The highest BCUT2D eigenvalue weighted by molar-refractivity contribution is 6.16. The van der Waals surface area contributed by atoms with Crippen LogP contribution in [0.5, 0.6) is 0 Å². The minimum absolute atomic E-state index is 0.0944. The molecule has 0 amide bonds.